The smallest absolute Gasteiger partial charge is 0.256 e. The Morgan fingerprint density at radius 3 is 2.53 bits per heavy atom. The third-order valence-corrected chi connectivity index (χ3v) is 3.45. The second kappa shape index (κ2) is 4.72. The Hall–Kier alpha value is -2.36. The van der Waals surface area contributed by atoms with Gasteiger partial charge in [0, 0.05) is 26.3 Å². The largest absolute Gasteiger partial charge is 0.386 e. The van der Waals surface area contributed by atoms with Gasteiger partial charge >= 0.3 is 0 Å². The molecular formula is C15H15N3O. The molecule has 4 nitrogen and oxygen atoms in total. The molecule has 0 saturated heterocycles. The zero-order valence-electron chi connectivity index (χ0n) is 10.8. The first-order valence-corrected chi connectivity index (χ1v) is 6.27. The van der Waals surface area contributed by atoms with E-state index in [0.29, 0.717) is 18.7 Å². The zero-order valence-corrected chi connectivity index (χ0v) is 10.8. The van der Waals surface area contributed by atoms with Crippen molar-refractivity contribution in [2.24, 2.45) is 0 Å². The number of aromatic nitrogens is 1. The number of pyridine rings is 1. The lowest BCUT2D eigenvalue weighted by Gasteiger charge is -2.17. The van der Waals surface area contributed by atoms with Crippen LogP contribution in [0.2, 0.25) is 0 Å². The summed E-state index contributed by atoms with van der Waals surface area (Å²) in [5, 5.41) is 3.01. The number of nitrogens with one attached hydrogen (secondary N) is 1. The molecule has 1 N–H and O–H groups in total. The SMILES string of the molecule is CNc1cnccc1C(=O)N1Cc2ccccc2C1. The number of nitrogens with zero attached hydrogens (tertiary/aromatic N) is 2. The molecule has 96 valence electrons. The minimum absolute atomic E-state index is 0.0444. The lowest BCUT2D eigenvalue weighted by Crippen LogP contribution is -2.26. The summed E-state index contributed by atoms with van der Waals surface area (Å²) in [4.78, 5) is 18.4. The van der Waals surface area contributed by atoms with Crippen LogP contribution in [-0.2, 0) is 13.1 Å². The first kappa shape index (κ1) is 11.7. The third-order valence-electron chi connectivity index (χ3n) is 3.45. The number of hydrogen-bond donors (Lipinski definition) is 1. The van der Waals surface area contributed by atoms with Crippen molar-refractivity contribution in [3.8, 4) is 0 Å². The van der Waals surface area contributed by atoms with Crippen molar-refractivity contribution in [3.05, 3.63) is 59.4 Å². The molecular weight excluding hydrogens is 238 g/mol. The van der Waals surface area contributed by atoms with E-state index in [4.69, 9.17) is 0 Å². The average molecular weight is 253 g/mol. The van der Waals surface area contributed by atoms with Gasteiger partial charge in [0.1, 0.15) is 0 Å². The molecule has 1 aliphatic rings. The Morgan fingerprint density at radius 2 is 1.89 bits per heavy atom. The third kappa shape index (κ3) is 2.05. The molecule has 1 aromatic heterocycles. The number of carbonyl (C=O) groups excluding carboxylic acids is 1. The van der Waals surface area contributed by atoms with E-state index in [1.54, 1.807) is 25.5 Å². The van der Waals surface area contributed by atoms with E-state index in [1.165, 1.54) is 11.1 Å². The molecule has 3 rings (SSSR count). The first-order valence-electron chi connectivity index (χ1n) is 6.27. The van der Waals surface area contributed by atoms with E-state index in [0.717, 1.165) is 5.69 Å². The van der Waals surface area contributed by atoms with Gasteiger partial charge < -0.3 is 10.2 Å². The van der Waals surface area contributed by atoms with Crippen molar-refractivity contribution in [3.63, 3.8) is 0 Å². The molecule has 2 heterocycles. The summed E-state index contributed by atoms with van der Waals surface area (Å²) < 4.78 is 0. The van der Waals surface area contributed by atoms with Crippen molar-refractivity contribution in [2.45, 2.75) is 13.1 Å². The maximum atomic E-state index is 12.6. The van der Waals surface area contributed by atoms with Crippen molar-refractivity contribution in [1.29, 1.82) is 0 Å². The van der Waals surface area contributed by atoms with Crippen molar-refractivity contribution >= 4 is 11.6 Å². The molecule has 1 aliphatic heterocycles. The molecule has 0 atom stereocenters. The van der Waals surface area contributed by atoms with E-state index in [2.05, 4.69) is 22.4 Å². The number of hydrogen-bond acceptors (Lipinski definition) is 3. The number of benzene rings is 1. The summed E-state index contributed by atoms with van der Waals surface area (Å²) in [5.41, 5.74) is 3.90. The van der Waals surface area contributed by atoms with Gasteiger partial charge in [0.2, 0.25) is 0 Å². The molecule has 0 saturated carbocycles. The van der Waals surface area contributed by atoms with Crippen LogP contribution in [0.25, 0.3) is 0 Å². The number of amides is 1. The van der Waals surface area contributed by atoms with E-state index >= 15 is 0 Å². The zero-order chi connectivity index (χ0) is 13.2. The van der Waals surface area contributed by atoms with Crippen LogP contribution in [0, 0.1) is 0 Å². The minimum atomic E-state index is 0.0444. The van der Waals surface area contributed by atoms with Crippen LogP contribution in [0.5, 0.6) is 0 Å². The van der Waals surface area contributed by atoms with E-state index in [9.17, 15) is 4.79 Å². The Bertz CT molecular complexity index is 599. The lowest BCUT2D eigenvalue weighted by atomic mass is 10.1. The molecule has 2 aromatic rings. The first-order chi connectivity index (χ1) is 9.29. The monoisotopic (exact) mass is 253 g/mol. The van der Waals surface area contributed by atoms with Crippen LogP contribution in [0.3, 0.4) is 0 Å². The fraction of sp³-hybridized carbons (Fsp3) is 0.200. The van der Waals surface area contributed by atoms with E-state index < -0.39 is 0 Å². The molecule has 0 radical (unpaired) electrons. The van der Waals surface area contributed by atoms with E-state index in [-0.39, 0.29) is 5.91 Å². The van der Waals surface area contributed by atoms with Crippen LogP contribution < -0.4 is 5.32 Å². The van der Waals surface area contributed by atoms with Gasteiger partial charge in [0.15, 0.2) is 0 Å². The second-order valence-electron chi connectivity index (χ2n) is 4.60. The van der Waals surface area contributed by atoms with Crippen LogP contribution in [-0.4, -0.2) is 22.8 Å². The molecule has 0 aliphatic carbocycles. The standard InChI is InChI=1S/C15H15N3O/c1-16-14-8-17-7-6-13(14)15(19)18-9-11-4-2-3-5-12(11)10-18/h2-8,16H,9-10H2,1H3. The van der Waals surface area contributed by atoms with E-state index in [1.807, 2.05) is 17.0 Å². The fourth-order valence-electron chi connectivity index (χ4n) is 2.43. The van der Waals surface area contributed by atoms with Crippen LogP contribution in [0.15, 0.2) is 42.7 Å². The molecule has 1 aromatic carbocycles. The van der Waals surface area contributed by atoms with Gasteiger partial charge in [-0.2, -0.15) is 0 Å². The highest BCUT2D eigenvalue weighted by Gasteiger charge is 2.25. The second-order valence-corrected chi connectivity index (χ2v) is 4.60. The predicted octanol–water partition coefficient (Wildman–Crippen LogP) is 2.28. The number of rotatable bonds is 2. The van der Waals surface area contributed by atoms with Crippen molar-refractivity contribution < 1.29 is 4.79 Å². The van der Waals surface area contributed by atoms with Crippen molar-refractivity contribution in [1.82, 2.24) is 9.88 Å². The normalized spacial score (nSPS) is 13.2. The quantitative estimate of drug-likeness (QED) is 0.893. The number of fused-ring (bicyclic) bond motifs is 1. The highest BCUT2D eigenvalue weighted by Crippen LogP contribution is 2.25. The topological polar surface area (TPSA) is 45.2 Å². The highest BCUT2D eigenvalue weighted by atomic mass is 16.2. The Morgan fingerprint density at radius 1 is 1.21 bits per heavy atom. The average Bonchev–Trinajstić information content (AvgIpc) is 2.90. The number of carbonyl (C=O) groups is 1. The van der Waals surface area contributed by atoms with Crippen LogP contribution >= 0.6 is 0 Å². The maximum Gasteiger partial charge on any atom is 0.256 e. The summed E-state index contributed by atoms with van der Waals surface area (Å²) >= 11 is 0. The van der Waals surface area contributed by atoms with Gasteiger partial charge in [-0.1, -0.05) is 24.3 Å². The summed E-state index contributed by atoms with van der Waals surface area (Å²) in [5.74, 6) is 0.0444. The summed E-state index contributed by atoms with van der Waals surface area (Å²) in [7, 11) is 1.80. The van der Waals surface area contributed by atoms with Gasteiger partial charge in [0.25, 0.3) is 5.91 Å². The van der Waals surface area contributed by atoms with Crippen molar-refractivity contribution in [2.75, 3.05) is 12.4 Å². The van der Waals surface area contributed by atoms with Gasteiger partial charge in [0.05, 0.1) is 17.4 Å². The number of anilines is 1. The van der Waals surface area contributed by atoms with Gasteiger partial charge in [-0.3, -0.25) is 9.78 Å². The summed E-state index contributed by atoms with van der Waals surface area (Å²) in [6, 6.07) is 9.94. The summed E-state index contributed by atoms with van der Waals surface area (Å²) in [6.07, 6.45) is 3.33. The predicted molar refractivity (Wildman–Crippen MR) is 73.8 cm³/mol. The molecule has 0 fully saturated rings. The van der Waals surface area contributed by atoms with Crippen LogP contribution in [0.4, 0.5) is 5.69 Å². The molecule has 1 amide bonds. The van der Waals surface area contributed by atoms with Gasteiger partial charge in [-0.15, -0.1) is 0 Å². The minimum Gasteiger partial charge on any atom is -0.386 e. The fourth-order valence-corrected chi connectivity index (χ4v) is 2.43. The molecule has 0 spiro atoms. The molecule has 0 unspecified atom stereocenters. The maximum absolute atomic E-state index is 12.6. The van der Waals surface area contributed by atoms with Gasteiger partial charge in [-0.05, 0) is 17.2 Å². The summed E-state index contributed by atoms with van der Waals surface area (Å²) in [6.45, 7) is 1.36. The highest BCUT2D eigenvalue weighted by molar-refractivity contribution is 5.99. The lowest BCUT2D eigenvalue weighted by molar-refractivity contribution is 0.0752. The Kier molecular flexibility index (Phi) is 2.91. The molecule has 19 heavy (non-hydrogen) atoms. The van der Waals surface area contributed by atoms with Crippen LogP contribution in [0.1, 0.15) is 21.5 Å². The van der Waals surface area contributed by atoms with Gasteiger partial charge in [-0.25, -0.2) is 0 Å². The Labute approximate surface area is 112 Å². The molecule has 0 bridgehead atoms. The Balaban J connectivity index is 1.87. The molecule has 4 heteroatoms.